The van der Waals surface area contributed by atoms with Crippen LogP contribution in [0.5, 0.6) is 0 Å². The molecule has 1 aliphatic heterocycles. The smallest absolute Gasteiger partial charge is 0.354 e. The van der Waals surface area contributed by atoms with Crippen molar-refractivity contribution in [2.24, 2.45) is 0 Å². The van der Waals surface area contributed by atoms with Crippen LogP contribution in [0.25, 0.3) is 0 Å². The summed E-state index contributed by atoms with van der Waals surface area (Å²) in [6.45, 7) is 1.70. The molecule has 0 N–H and O–H groups in total. The Morgan fingerprint density at radius 1 is 1.25 bits per heavy atom. The van der Waals surface area contributed by atoms with Crippen LogP contribution in [0, 0.1) is 0 Å². The van der Waals surface area contributed by atoms with Crippen molar-refractivity contribution in [2.45, 2.75) is 0 Å². The lowest BCUT2D eigenvalue weighted by Gasteiger charge is -2.20. The van der Waals surface area contributed by atoms with Gasteiger partial charge in [-0.25, -0.2) is 9.59 Å². The maximum absolute atomic E-state index is 11.6. The van der Waals surface area contributed by atoms with E-state index in [4.69, 9.17) is 13.6 Å². The van der Waals surface area contributed by atoms with Crippen LogP contribution in [-0.2, 0) is 32.6 Å². The Labute approximate surface area is 118 Å². The quantitative estimate of drug-likeness (QED) is 0.380. The molecule has 0 radical (unpaired) electrons. The summed E-state index contributed by atoms with van der Waals surface area (Å²) in [7, 11) is 2.82. The maximum Gasteiger partial charge on any atom is 0.354 e. The number of ether oxygens (including phenoxy) is 2. The third-order valence-electron chi connectivity index (χ3n) is 2.36. The predicted octanol–water partition coefficient (Wildman–Crippen LogP) is 0.438. The molecule has 8 nitrogen and oxygen atoms in total. The number of hydrogen-bond acceptors (Lipinski definition) is 8. The molecule has 0 bridgehead atoms. The number of likely N-dealkylation sites (N-methyl/N-ethyl adjacent to an activating group) is 1. The van der Waals surface area contributed by atoms with Gasteiger partial charge in [-0.15, -0.1) is 0 Å². The molecule has 1 saturated heterocycles. The van der Waals surface area contributed by atoms with Crippen molar-refractivity contribution < 1.29 is 32.6 Å². The molecule has 0 atom stereocenters. The fourth-order valence-corrected chi connectivity index (χ4v) is 2.21. The van der Waals surface area contributed by atoms with E-state index in [2.05, 4.69) is 9.47 Å². The Hall–Kier alpha value is -1.21. The summed E-state index contributed by atoms with van der Waals surface area (Å²) in [5, 5.41) is 0. The molecule has 1 aliphatic rings. The highest BCUT2D eigenvalue weighted by atomic mass is 31.2. The van der Waals surface area contributed by atoms with Gasteiger partial charge in [0.15, 0.2) is 0 Å². The zero-order valence-electron chi connectivity index (χ0n) is 11.7. The Kier molecular flexibility index (Phi) is 7.46. The molecule has 0 aromatic carbocycles. The van der Waals surface area contributed by atoms with E-state index < -0.39 is 20.5 Å². The number of carbonyl (C=O) groups excluding carboxylic acids is 2. The second kappa shape index (κ2) is 8.86. The van der Waals surface area contributed by atoms with E-state index in [-0.39, 0.29) is 12.3 Å². The van der Waals surface area contributed by atoms with E-state index in [1.807, 2.05) is 0 Å². The topological polar surface area (TPSA) is 83.5 Å². The number of carbonyl (C=O) groups is 2. The van der Waals surface area contributed by atoms with Crippen LogP contribution in [0.1, 0.15) is 0 Å². The van der Waals surface area contributed by atoms with Crippen molar-refractivity contribution in [3.8, 4) is 0 Å². The van der Waals surface area contributed by atoms with E-state index in [9.17, 15) is 9.59 Å². The van der Waals surface area contributed by atoms with Crippen LogP contribution < -0.4 is 0 Å². The Bertz CT molecular complexity index is 368. The van der Waals surface area contributed by atoms with E-state index in [0.717, 1.165) is 6.08 Å². The average Bonchev–Trinajstić information content (AvgIpc) is 2.96. The van der Waals surface area contributed by atoms with Crippen LogP contribution in [-0.4, -0.2) is 64.5 Å². The summed E-state index contributed by atoms with van der Waals surface area (Å²) in [6, 6.07) is 0. The van der Waals surface area contributed by atoms with Crippen molar-refractivity contribution in [2.75, 3.05) is 47.6 Å². The Morgan fingerprint density at radius 2 is 1.90 bits per heavy atom. The minimum atomic E-state index is -1.29. The highest BCUT2D eigenvalue weighted by Gasteiger charge is 2.20. The molecule has 0 aromatic heterocycles. The normalized spacial score (nSPS) is 16.1. The number of hydrogen-bond donors (Lipinski definition) is 0. The van der Waals surface area contributed by atoms with Crippen LogP contribution in [0.2, 0.25) is 0 Å². The lowest BCUT2D eigenvalue weighted by atomic mass is 10.3. The molecule has 114 valence electrons. The lowest BCUT2D eigenvalue weighted by molar-refractivity contribution is -0.139. The molecule has 0 aliphatic carbocycles. The van der Waals surface area contributed by atoms with Crippen molar-refractivity contribution in [1.29, 1.82) is 0 Å². The van der Waals surface area contributed by atoms with Crippen LogP contribution in [0.15, 0.2) is 11.8 Å². The van der Waals surface area contributed by atoms with E-state index in [0.29, 0.717) is 19.8 Å². The summed E-state index contributed by atoms with van der Waals surface area (Å²) in [5.41, 5.74) is 0.0870. The molecule has 9 heteroatoms. The summed E-state index contributed by atoms with van der Waals surface area (Å²) in [4.78, 5) is 24.4. The van der Waals surface area contributed by atoms with Gasteiger partial charge < -0.3 is 27.9 Å². The van der Waals surface area contributed by atoms with Gasteiger partial charge in [-0.3, -0.25) is 0 Å². The average molecular weight is 307 g/mol. The monoisotopic (exact) mass is 307 g/mol. The zero-order valence-corrected chi connectivity index (χ0v) is 12.6. The minimum Gasteiger partial charge on any atom is -0.466 e. The minimum absolute atomic E-state index is 0.0870. The molecule has 1 fully saturated rings. The first-order chi connectivity index (χ1) is 9.58. The molecule has 0 spiro atoms. The van der Waals surface area contributed by atoms with Gasteiger partial charge in [0.25, 0.3) is 0 Å². The summed E-state index contributed by atoms with van der Waals surface area (Å²) in [5.74, 6) is -1.26. The van der Waals surface area contributed by atoms with Gasteiger partial charge >= 0.3 is 20.5 Å². The van der Waals surface area contributed by atoms with Gasteiger partial charge in [-0.1, -0.05) is 0 Å². The van der Waals surface area contributed by atoms with Crippen LogP contribution in [0.3, 0.4) is 0 Å². The fourth-order valence-electron chi connectivity index (χ4n) is 1.31. The van der Waals surface area contributed by atoms with Crippen LogP contribution in [0.4, 0.5) is 0 Å². The van der Waals surface area contributed by atoms with Crippen molar-refractivity contribution in [1.82, 2.24) is 4.90 Å². The third-order valence-corrected chi connectivity index (χ3v) is 3.54. The first kappa shape index (κ1) is 16.8. The van der Waals surface area contributed by atoms with Crippen molar-refractivity contribution >= 4 is 20.5 Å². The molecule has 0 unspecified atom stereocenters. The Morgan fingerprint density at radius 3 is 2.45 bits per heavy atom. The Balaban J connectivity index is 2.49. The number of methoxy groups -OCH3 is 2. The van der Waals surface area contributed by atoms with Gasteiger partial charge in [0.05, 0.1) is 40.1 Å². The molecule has 1 heterocycles. The van der Waals surface area contributed by atoms with Crippen molar-refractivity contribution in [3.05, 3.63) is 11.8 Å². The summed E-state index contributed by atoms with van der Waals surface area (Å²) >= 11 is 0. The second-order valence-electron chi connectivity index (χ2n) is 3.69. The lowest BCUT2D eigenvalue weighted by Crippen LogP contribution is -2.28. The molecule has 0 saturated carbocycles. The first-order valence-electron chi connectivity index (χ1n) is 5.86. The van der Waals surface area contributed by atoms with Gasteiger partial charge in [-0.05, 0) is 0 Å². The van der Waals surface area contributed by atoms with Gasteiger partial charge in [0.2, 0.25) is 0 Å². The molecular weight excluding hydrogens is 289 g/mol. The number of rotatable bonds is 7. The van der Waals surface area contributed by atoms with Crippen molar-refractivity contribution in [3.63, 3.8) is 0 Å². The largest absolute Gasteiger partial charge is 0.466 e. The third kappa shape index (κ3) is 5.42. The van der Waals surface area contributed by atoms with E-state index in [1.54, 1.807) is 7.05 Å². The van der Waals surface area contributed by atoms with Crippen LogP contribution >= 0.6 is 8.60 Å². The summed E-state index contributed by atoms with van der Waals surface area (Å²) < 4.78 is 24.8. The standard InChI is InChI=1S/C11H18NO7P/c1-12(4-5-17-20-18-6-7-19-20)9(11(14)16-3)8-10(13)15-2/h8H,4-7H2,1-3H3/b9-8+. The zero-order chi connectivity index (χ0) is 15.0. The number of esters is 2. The van der Waals surface area contributed by atoms with Gasteiger partial charge in [-0.2, -0.15) is 0 Å². The van der Waals surface area contributed by atoms with Gasteiger partial charge in [0.1, 0.15) is 5.70 Å². The molecule has 0 aromatic rings. The fraction of sp³-hybridized carbons (Fsp3) is 0.636. The van der Waals surface area contributed by atoms with E-state index >= 15 is 0 Å². The molecule has 20 heavy (non-hydrogen) atoms. The first-order valence-corrected chi connectivity index (χ1v) is 6.96. The highest BCUT2D eigenvalue weighted by Crippen LogP contribution is 2.43. The highest BCUT2D eigenvalue weighted by molar-refractivity contribution is 7.41. The molecule has 1 rings (SSSR count). The van der Waals surface area contributed by atoms with Gasteiger partial charge in [0, 0.05) is 13.6 Å². The maximum atomic E-state index is 11.6. The molecule has 0 amide bonds. The predicted molar refractivity (Wildman–Crippen MR) is 69.5 cm³/mol. The second-order valence-corrected chi connectivity index (χ2v) is 4.91. The summed E-state index contributed by atoms with van der Waals surface area (Å²) in [6.07, 6.45) is 1.07. The van der Waals surface area contributed by atoms with E-state index in [1.165, 1.54) is 19.1 Å². The SMILES string of the molecule is COC(=O)/C=C(\C(=O)OC)N(C)CCOP1OCCO1. The molecular formula is C11H18NO7P. The number of nitrogens with zero attached hydrogens (tertiary/aromatic N) is 1.